The zero-order chi connectivity index (χ0) is 16.8. The summed E-state index contributed by atoms with van der Waals surface area (Å²) in [6, 6.07) is 7.39. The topological polar surface area (TPSA) is 79.5 Å². The van der Waals surface area contributed by atoms with Gasteiger partial charge in [0.2, 0.25) is 5.91 Å². The monoisotopic (exact) mass is 331 g/mol. The van der Waals surface area contributed by atoms with Crippen LogP contribution in [-0.4, -0.2) is 44.2 Å². The lowest BCUT2D eigenvalue weighted by molar-refractivity contribution is -0.124. The third-order valence-electron chi connectivity index (χ3n) is 4.60. The minimum absolute atomic E-state index is 0.0582. The highest BCUT2D eigenvalue weighted by Crippen LogP contribution is 2.12. The Hall–Kier alpha value is -1.92. The molecule has 2 atom stereocenters. The highest BCUT2D eigenvalue weighted by molar-refractivity contribution is 5.94. The average molecular weight is 331 g/mol. The fraction of sp³-hybridized carbons (Fsp3) is 0.556. The van der Waals surface area contributed by atoms with Crippen LogP contribution in [0.25, 0.3) is 0 Å². The molecule has 0 aliphatic carbocycles. The van der Waals surface area contributed by atoms with Crippen molar-refractivity contribution in [2.75, 3.05) is 26.2 Å². The van der Waals surface area contributed by atoms with Gasteiger partial charge in [-0.2, -0.15) is 0 Å². The van der Waals surface area contributed by atoms with Crippen molar-refractivity contribution in [2.45, 2.75) is 31.9 Å². The van der Waals surface area contributed by atoms with E-state index in [0.29, 0.717) is 18.7 Å². The highest BCUT2D eigenvalue weighted by atomic mass is 16.5. The Morgan fingerprint density at radius 2 is 2.17 bits per heavy atom. The molecule has 130 valence electrons. The van der Waals surface area contributed by atoms with Gasteiger partial charge in [0.15, 0.2) is 0 Å². The van der Waals surface area contributed by atoms with Crippen LogP contribution in [0.15, 0.2) is 24.3 Å². The Kier molecular flexibility index (Phi) is 5.82. The number of rotatable bonds is 6. The lowest BCUT2D eigenvalue weighted by Crippen LogP contribution is -2.32. The van der Waals surface area contributed by atoms with E-state index in [2.05, 4.69) is 16.0 Å². The summed E-state index contributed by atoms with van der Waals surface area (Å²) in [6.07, 6.45) is 3.09. The molecule has 24 heavy (non-hydrogen) atoms. The van der Waals surface area contributed by atoms with Gasteiger partial charge in [0.25, 0.3) is 5.91 Å². The molecule has 2 heterocycles. The van der Waals surface area contributed by atoms with E-state index in [-0.39, 0.29) is 23.8 Å². The second-order valence-electron chi connectivity index (χ2n) is 6.45. The maximum absolute atomic E-state index is 12.2. The molecule has 0 saturated carbocycles. The Morgan fingerprint density at radius 3 is 2.92 bits per heavy atom. The first-order valence-corrected chi connectivity index (χ1v) is 8.69. The van der Waals surface area contributed by atoms with Crippen LogP contribution in [0.5, 0.6) is 0 Å². The largest absolute Gasteiger partial charge is 0.376 e. The van der Waals surface area contributed by atoms with E-state index < -0.39 is 0 Å². The number of ether oxygens (including phenoxy) is 1. The minimum Gasteiger partial charge on any atom is -0.376 e. The lowest BCUT2D eigenvalue weighted by atomic mass is 10.1. The number of carbonyl (C=O) groups is 2. The molecule has 2 unspecified atom stereocenters. The number of nitrogens with one attached hydrogen (secondary N) is 3. The number of hydrogen-bond donors (Lipinski definition) is 3. The van der Waals surface area contributed by atoms with E-state index in [1.54, 1.807) is 6.07 Å². The highest BCUT2D eigenvalue weighted by Gasteiger charge is 2.22. The van der Waals surface area contributed by atoms with Gasteiger partial charge in [0.05, 0.1) is 12.0 Å². The van der Waals surface area contributed by atoms with Gasteiger partial charge in [-0.15, -0.1) is 0 Å². The normalized spacial score (nSPS) is 23.2. The summed E-state index contributed by atoms with van der Waals surface area (Å²) in [7, 11) is 0. The molecule has 1 aromatic rings. The Balaban J connectivity index is 1.49. The molecule has 6 nitrogen and oxygen atoms in total. The van der Waals surface area contributed by atoms with Crippen molar-refractivity contribution < 1.29 is 14.3 Å². The molecule has 0 aromatic heterocycles. The van der Waals surface area contributed by atoms with E-state index in [1.807, 2.05) is 18.2 Å². The summed E-state index contributed by atoms with van der Waals surface area (Å²) >= 11 is 0. The number of carbonyl (C=O) groups excluding carboxylic acids is 2. The van der Waals surface area contributed by atoms with Gasteiger partial charge in [0.1, 0.15) is 0 Å². The van der Waals surface area contributed by atoms with Gasteiger partial charge in [-0.25, -0.2) is 0 Å². The smallest absolute Gasteiger partial charge is 0.251 e. The van der Waals surface area contributed by atoms with Crippen molar-refractivity contribution >= 4 is 11.8 Å². The molecule has 0 bridgehead atoms. The fourth-order valence-electron chi connectivity index (χ4n) is 3.15. The summed E-state index contributed by atoms with van der Waals surface area (Å²) in [5, 5.41) is 9.06. The van der Waals surface area contributed by atoms with Crippen LogP contribution < -0.4 is 16.0 Å². The summed E-state index contributed by atoms with van der Waals surface area (Å²) < 4.78 is 5.51. The van der Waals surface area contributed by atoms with Crippen LogP contribution >= 0.6 is 0 Å². The van der Waals surface area contributed by atoms with Gasteiger partial charge in [0, 0.05) is 31.8 Å². The molecular formula is C18H25N3O3. The maximum atomic E-state index is 12.2. The van der Waals surface area contributed by atoms with Gasteiger partial charge in [-0.3, -0.25) is 9.59 Å². The standard InChI is InChI=1S/C18H25N3O3/c22-17(21-12-16-5-2-8-24-16)14-4-1-3-13(9-14)10-20-18(23)15-6-7-19-11-15/h1,3-4,9,15-16,19H,2,5-8,10-12H2,(H,20,23)(H,21,22). The summed E-state index contributed by atoms with van der Waals surface area (Å²) in [6.45, 7) is 3.43. The zero-order valence-corrected chi connectivity index (χ0v) is 13.8. The van der Waals surface area contributed by atoms with Crippen LogP contribution in [0, 0.1) is 5.92 Å². The molecule has 2 aliphatic rings. The second kappa shape index (κ2) is 8.26. The molecule has 2 amide bonds. The van der Waals surface area contributed by atoms with Gasteiger partial charge >= 0.3 is 0 Å². The number of hydrogen-bond acceptors (Lipinski definition) is 4. The summed E-state index contributed by atoms with van der Waals surface area (Å²) in [5.41, 5.74) is 1.54. The first-order chi connectivity index (χ1) is 11.7. The van der Waals surface area contributed by atoms with E-state index >= 15 is 0 Å². The summed E-state index contributed by atoms with van der Waals surface area (Å²) in [5.74, 6) is 0.0369. The molecule has 0 spiro atoms. The molecule has 6 heteroatoms. The Bertz CT molecular complexity index is 579. The predicted molar refractivity (Wildman–Crippen MR) is 90.6 cm³/mol. The molecule has 2 saturated heterocycles. The molecule has 0 radical (unpaired) electrons. The quantitative estimate of drug-likeness (QED) is 0.721. The van der Waals surface area contributed by atoms with Gasteiger partial charge < -0.3 is 20.7 Å². The molecule has 3 rings (SSSR count). The van der Waals surface area contributed by atoms with Crippen molar-refractivity contribution in [3.05, 3.63) is 35.4 Å². The van der Waals surface area contributed by atoms with Crippen LogP contribution in [0.3, 0.4) is 0 Å². The van der Waals surface area contributed by atoms with Crippen molar-refractivity contribution in [1.29, 1.82) is 0 Å². The third-order valence-corrected chi connectivity index (χ3v) is 4.60. The van der Waals surface area contributed by atoms with Crippen molar-refractivity contribution in [3.63, 3.8) is 0 Å². The van der Waals surface area contributed by atoms with Crippen LogP contribution in [0.4, 0.5) is 0 Å². The molecule has 3 N–H and O–H groups in total. The minimum atomic E-state index is -0.0985. The molecule has 2 aliphatic heterocycles. The van der Waals surface area contributed by atoms with E-state index in [9.17, 15) is 9.59 Å². The van der Waals surface area contributed by atoms with Crippen molar-refractivity contribution in [3.8, 4) is 0 Å². The molecule has 1 aromatic carbocycles. The van der Waals surface area contributed by atoms with E-state index in [4.69, 9.17) is 4.74 Å². The predicted octanol–water partition coefficient (Wildman–Crippen LogP) is 0.821. The number of amides is 2. The van der Waals surface area contributed by atoms with Crippen molar-refractivity contribution in [2.24, 2.45) is 5.92 Å². The van der Waals surface area contributed by atoms with Crippen LogP contribution in [0.2, 0.25) is 0 Å². The SMILES string of the molecule is O=C(NCC1CCCO1)c1cccc(CNC(=O)C2CCNC2)c1. The number of benzene rings is 1. The second-order valence-corrected chi connectivity index (χ2v) is 6.45. The van der Waals surface area contributed by atoms with E-state index in [1.165, 1.54) is 0 Å². The maximum Gasteiger partial charge on any atom is 0.251 e. The lowest BCUT2D eigenvalue weighted by Gasteiger charge is -2.12. The van der Waals surface area contributed by atoms with Gasteiger partial charge in [-0.05, 0) is 43.5 Å². The zero-order valence-electron chi connectivity index (χ0n) is 13.8. The first kappa shape index (κ1) is 16.9. The van der Waals surface area contributed by atoms with Gasteiger partial charge in [-0.1, -0.05) is 12.1 Å². The summed E-state index contributed by atoms with van der Waals surface area (Å²) in [4.78, 5) is 24.3. The fourth-order valence-corrected chi connectivity index (χ4v) is 3.15. The van der Waals surface area contributed by atoms with Crippen LogP contribution in [-0.2, 0) is 16.1 Å². The van der Waals surface area contributed by atoms with E-state index in [0.717, 1.165) is 44.5 Å². The molecule has 2 fully saturated rings. The molecular weight excluding hydrogens is 306 g/mol. The van der Waals surface area contributed by atoms with Crippen molar-refractivity contribution in [1.82, 2.24) is 16.0 Å². The Morgan fingerprint density at radius 1 is 1.25 bits per heavy atom. The third kappa shape index (κ3) is 4.55. The first-order valence-electron chi connectivity index (χ1n) is 8.69. The Labute approximate surface area is 142 Å². The average Bonchev–Trinajstić information content (AvgIpc) is 3.31. The van der Waals surface area contributed by atoms with Crippen LogP contribution in [0.1, 0.15) is 35.2 Å².